The number of rotatable bonds is 6. The summed E-state index contributed by atoms with van der Waals surface area (Å²) < 4.78 is 146. The lowest BCUT2D eigenvalue weighted by atomic mass is 10.2. The molecule has 0 heterocycles. The van der Waals surface area contributed by atoms with Crippen molar-refractivity contribution >= 4 is 31.4 Å². The highest BCUT2D eigenvalue weighted by atomic mass is 32.2. The lowest BCUT2D eigenvalue weighted by Gasteiger charge is -2.15. The molecule has 16 heteroatoms. The van der Waals surface area contributed by atoms with Crippen molar-refractivity contribution in [3.05, 3.63) is 47.5 Å². The number of halogens is 7. The average Bonchev–Trinajstić information content (AvgIpc) is 2.63. The SMILES string of the molecule is COc1ccc(NS(=O)(=O)c2c(F)c(F)c(NS(=O)(=O)C(F)(F)F)c(F)c2F)cc1. The first-order valence-corrected chi connectivity index (χ1v) is 10.2. The zero-order valence-corrected chi connectivity index (χ0v) is 15.9. The van der Waals surface area contributed by atoms with Gasteiger partial charge in [0.15, 0.2) is 28.2 Å². The van der Waals surface area contributed by atoms with E-state index in [-0.39, 0.29) is 11.4 Å². The summed E-state index contributed by atoms with van der Waals surface area (Å²) in [5.41, 5.74) is -8.79. The Kier molecular flexibility index (Phi) is 6.14. The second-order valence-electron chi connectivity index (χ2n) is 5.35. The summed E-state index contributed by atoms with van der Waals surface area (Å²) in [7, 11) is -10.5. The number of methoxy groups -OCH3 is 1. The minimum Gasteiger partial charge on any atom is -0.497 e. The van der Waals surface area contributed by atoms with Gasteiger partial charge < -0.3 is 4.74 Å². The molecule has 0 spiro atoms. The predicted molar refractivity (Wildman–Crippen MR) is 88.7 cm³/mol. The lowest BCUT2D eigenvalue weighted by Crippen LogP contribution is -2.31. The first kappa shape index (κ1) is 23.5. The van der Waals surface area contributed by atoms with Gasteiger partial charge in [0.05, 0.1) is 7.11 Å². The molecule has 7 nitrogen and oxygen atoms in total. The van der Waals surface area contributed by atoms with Gasteiger partial charge in [0.1, 0.15) is 11.4 Å². The molecule has 30 heavy (non-hydrogen) atoms. The van der Waals surface area contributed by atoms with Gasteiger partial charge in [-0.05, 0) is 24.3 Å². The van der Waals surface area contributed by atoms with Gasteiger partial charge in [-0.25, -0.2) is 26.0 Å². The molecular weight excluding hydrogens is 473 g/mol. The van der Waals surface area contributed by atoms with E-state index in [2.05, 4.69) is 0 Å². The Labute approximate surface area is 164 Å². The van der Waals surface area contributed by atoms with Gasteiger partial charge in [-0.3, -0.25) is 9.44 Å². The predicted octanol–water partition coefficient (Wildman–Crippen LogP) is 3.31. The van der Waals surface area contributed by atoms with Crippen LogP contribution in [0.3, 0.4) is 0 Å². The number of nitrogens with one attached hydrogen (secondary N) is 2. The minimum absolute atomic E-state index is 0.258. The Morgan fingerprint density at radius 2 is 1.27 bits per heavy atom. The van der Waals surface area contributed by atoms with Crippen molar-refractivity contribution in [2.24, 2.45) is 0 Å². The molecule has 0 bridgehead atoms. The quantitative estimate of drug-likeness (QED) is 0.486. The van der Waals surface area contributed by atoms with Crippen LogP contribution < -0.4 is 14.2 Å². The lowest BCUT2D eigenvalue weighted by molar-refractivity contribution is -0.0429. The van der Waals surface area contributed by atoms with E-state index < -0.39 is 59.4 Å². The molecule has 0 aliphatic rings. The number of sulfonamides is 2. The van der Waals surface area contributed by atoms with Gasteiger partial charge in [0.25, 0.3) is 10.0 Å². The van der Waals surface area contributed by atoms with Crippen molar-refractivity contribution in [3.63, 3.8) is 0 Å². The van der Waals surface area contributed by atoms with Gasteiger partial charge in [-0.2, -0.15) is 21.6 Å². The van der Waals surface area contributed by atoms with Crippen LogP contribution in [0.4, 0.5) is 42.1 Å². The van der Waals surface area contributed by atoms with Gasteiger partial charge >= 0.3 is 15.5 Å². The van der Waals surface area contributed by atoms with Gasteiger partial charge in [0.2, 0.25) is 0 Å². The highest BCUT2D eigenvalue weighted by molar-refractivity contribution is 7.93. The second kappa shape index (κ2) is 7.82. The van der Waals surface area contributed by atoms with Crippen molar-refractivity contribution in [2.75, 3.05) is 16.6 Å². The van der Waals surface area contributed by atoms with E-state index in [0.29, 0.717) is 4.72 Å². The molecule has 2 N–H and O–H groups in total. The first-order valence-electron chi connectivity index (χ1n) is 7.24. The largest absolute Gasteiger partial charge is 0.516 e. The third-order valence-electron chi connectivity index (χ3n) is 3.38. The van der Waals surface area contributed by atoms with Crippen LogP contribution in [-0.2, 0) is 20.0 Å². The number of anilines is 2. The molecule has 166 valence electrons. The maximum atomic E-state index is 14.2. The smallest absolute Gasteiger partial charge is 0.497 e. The summed E-state index contributed by atoms with van der Waals surface area (Å²) >= 11 is 0. The molecule has 0 aromatic heterocycles. The highest BCUT2D eigenvalue weighted by Crippen LogP contribution is 2.34. The fourth-order valence-electron chi connectivity index (χ4n) is 1.99. The fraction of sp³-hybridized carbons (Fsp3) is 0.143. The van der Waals surface area contributed by atoms with Crippen LogP contribution >= 0.6 is 0 Å². The normalized spacial score (nSPS) is 12.5. The summed E-state index contributed by atoms with van der Waals surface area (Å²) in [4.78, 5) is -2.22. The van der Waals surface area contributed by atoms with E-state index in [1.54, 1.807) is 4.72 Å². The molecule has 2 aromatic carbocycles. The topological polar surface area (TPSA) is 102 Å². The first-order chi connectivity index (χ1) is 13.6. The molecule has 2 aromatic rings. The zero-order chi connectivity index (χ0) is 23.1. The molecular formula is C14H9F7N2O5S2. The van der Waals surface area contributed by atoms with Gasteiger partial charge in [0, 0.05) is 5.69 Å². The molecule has 0 saturated heterocycles. The average molecular weight is 482 g/mol. The maximum Gasteiger partial charge on any atom is 0.516 e. The number of hydrogen-bond acceptors (Lipinski definition) is 5. The van der Waals surface area contributed by atoms with E-state index in [1.165, 1.54) is 19.2 Å². The van der Waals surface area contributed by atoms with Crippen LogP contribution in [0, 0.1) is 23.3 Å². The van der Waals surface area contributed by atoms with Gasteiger partial charge in [-0.15, -0.1) is 0 Å². The molecule has 0 radical (unpaired) electrons. The van der Waals surface area contributed by atoms with E-state index in [9.17, 15) is 47.6 Å². The Hall–Kier alpha value is -2.75. The molecule has 0 unspecified atom stereocenters. The summed E-state index contributed by atoms with van der Waals surface area (Å²) in [5.74, 6) is -10.5. The molecule has 0 fully saturated rings. The maximum absolute atomic E-state index is 14.2. The standard InChI is InChI=1S/C14H9F7N2O5S2/c1-28-7-4-2-6(3-5-7)22-29(24,25)13-10(17)8(15)12(9(16)11(13)18)23-30(26,27)14(19,20)21/h2-5,22-23H,1H3. The van der Waals surface area contributed by atoms with Crippen LogP contribution in [0.2, 0.25) is 0 Å². The van der Waals surface area contributed by atoms with Crippen LogP contribution in [0.15, 0.2) is 29.2 Å². The van der Waals surface area contributed by atoms with E-state index in [4.69, 9.17) is 4.74 Å². The Morgan fingerprint density at radius 3 is 1.67 bits per heavy atom. The third-order valence-corrected chi connectivity index (χ3v) is 5.86. The molecule has 0 aliphatic carbocycles. The molecule has 0 amide bonds. The number of ether oxygens (including phenoxy) is 1. The van der Waals surface area contributed by atoms with Crippen molar-refractivity contribution < 1.29 is 52.3 Å². The van der Waals surface area contributed by atoms with E-state index >= 15 is 0 Å². The van der Waals surface area contributed by atoms with Crippen LogP contribution in [0.25, 0.3) is 0 Å². The molecule has 0 aliphatic heterocycles. The fourth-order valence-corrected chi connectivity index (χ4v) is 3.76. The number of hydrogen-bond donors (Lipinski definition) is 2. The van der Waals surface area contributed by atoms with Crippen molar-refractivity contribution in [1.82, 2.24) is 0 Å². The van der Waals surface area contributed by atoms with E-state index in [0.717, 1.165) is 12.1 Å². The summed E-state index contributed by atoms with van der Waals surface area (Å²) in [6, 6.07) is 4.57. The van der Waals surface area contributed by atoms with E-state index in [1.807, 2.05) is 0 Å². The van der Waals surface area contributed by atoms with Crippen LogP contribution in [0.5, 0.6) is 5.75 Å². The van der Waals surface area contributed by atoms with Crippen molar-refractivity contribution in [3.8, 4) is 5.75 Å². The highest BCUT2D eigenvalue weighted by Gasteiger charge is 2.47. The third kappa shape index (κ3) is 4.38. The summed E-state index contributed by atoms with van der Waals surface area (Å²) in [5, 5.41) is 0. The summed E-state index contributed by atoms with van der Waals surface area (Å²) in [6.45, 7) is 0. The monoisotopic (exact) mass is 482 g/mol. The zero-order valence-electron chi connectivity index (χ0n) is 14.3. The summed E-state index contributed by atoms with van der Waals surface area (Å²) in [6.07, 6.45) is 0. The Morgan fingerprint density at radius 1 is 0.800 bits per heavy atom. The number of alkyl halides is 3. The Bertz CT molecular complexity index is 1150. The van der Waals surface area contributed by atoms with Crippen molar-refractivity contribution in [1.29, 1.82) is 0 Å². The van der Waals surface area contributed by atoms with Gasteiger partial charge in [-0.1, -0.05) is 0 Å². The van der Waals surface area contributed by atoms with Crippen molar-refractivity contribution in [2.45, 2.75) is 10.4 Å². The second-order valence-corrected chi connectivity index (χ2v) is 8.64. The minimum atomic E-state index is -6.47. The molecule has 2 rings (SSSR count). The van der Waals surface area contributed by atoms with Crippen LogP contribution in [-0.4, -0.2) is 29.5 Å². The molecule has 0 atom stereocenters. The number of benzene rings is 2. The van der Waals surface area contributed by atoms with Crippen LogP contribution in [0.1, 0.15) is 0 Å². The molecule has 0 saturated carbocycles. The Balaban J connectivity index is 2.57.